The van der Waals surface area contributed by atoms with Crippen LogP contribution in [-0.4, -0.2) is 36.2 Å². The molecule has 0 radical (unpaired) electrons. The maximum atomic E-state index is 10.8. The minimum Gasteiger partial charge on any atom is -0.479 e. The summed E-state index contributed by atoms with van der Waals surface area (Å²) in [6.07, 6.45) is -0.697. The molecule has 0 bridgehead atoms. The van der Waals surface area contributed by atoms with E-state index in [-0.39, 0.29) is 0 Å². The second-order valence-electron chi connectivity index (χ2n) is 3.21. The van der Waals surface area contributed by atoms with Crippen molar-refractivity contribution < 1.29 is 9.90 Å². The first-order valence-corrected chi connectivity index (χ1v) is 4.32. The van der Waals surface area contributed by atoms with Crippen molar-refractivity contribution in [3.8, 4) is 0 Å². The number of nitrogens with one attached hydrogen (secondary N) is 1. The van der Waals surface area contributed by atoms with E-state index in [0.29, 0.717) is 0 Å². The quantitative estimate of drug-likeness (QED) is 0.704. The van der Waals surface area contributed by atoms with E-state index < -0.39 is 12.1 Å². The lowest BCUT2D eigenvalue weighted by Crippen LogP contribution is -2.42. The van der Waals surface area contributed by atoms with Gasteiger partial charge in [0.05, 0.1) is 0 Å². The highest BCUT2D eigenvalue weighted by Gasteiger charge is 2.18. The molecule has 1 aromatic carbocycles. The largest absolute Gasteiger partial charge is 0.479 e. The molecule has 0 aliphatic heterocycles. The van der Waals surface area contributed by atoms with E-state index >= 15 is 0 Å². The first kappa shape index (κ1) is 10.5. The molecule has 0 unspecified atom stereocenters. The van der Waals surface area contributed by atoms with Crippen LogP contribution in [0.4, 0.5) is 5.69 Å². The molecule has 2 N–H and O–H groups in total. The highest BCUT2D eigenvalue weighted by atomic mass is 16.4. The zero-order valence-corrected chi connectivity index (χ0v) is 8.27. The van der Waals surface area contributed by atoms with Crippen molar-refractivity contribution in [1.82, 2.24) is 4.90 Å². The summed E-state index contributed by atoms with van der Waals surface area (Å²) in [5.74, 6) is -0.890. The molecule has 0 amide bonds. The fourth-order valence-corrected chi connectivity index (χ4v) is 1.10. The fraction of sp³-hybridized carbons (Fsp3) is 0.300. The van der Waals surface area contributed by atoms with Crippen LogP contribution < -0.4 is 5.32 Å². The Morgan fingerprint density at radius 3 is 2.36 bits per heavy atom. The van der Waals surface area contributed by atoms with Gasteiger partial charge in [-0.25, -0.2) is 4.79 Å². The second-order valence-corrected chi connectivity index (χ2v) is 3.21. The standard InChI is InChI=1S/C10H14N2O2/c1-12(2)9(10(13)14)11-8-6-4-3-5-7-8/h3-7,9,11H,1-2H3,(H,13,14)/t9-/m1/s1. The molecule has 0 spiro atoms. The van der Waals surface area contributed by atoms with E-state index in [4.69, 9.17) is 5.11 Å². The average molecular weight is 194 g/mol. The molecular formula is C10H14N2O2. The summed E-state index contributed by atoms with van der Waals surface area (Å²) in [6.45, 7) is 0. The molecule has 14 heavy (non-hydrogen) atoms. The predicted molar refractivity (Wildman–Crippen MR) is 55.2 cm³/mol. The number of para-hydroxylation sites is 1. The van der Waals surface area contributed by atoms with Crippen LogP contribution in [-0.2, 0) is 4.79 Å². The second kappa shape index (κ2) is 4.62. The van der Waals surface area contributed by atoms with Crippen molar-refractivity contribution >= 4 is 11.7 Å². The number of likely N-dealkylation sites (N-methyl/N-ethyl adjacent to an activating group) is 1. The monoisotopic (exact) mass is 194 g/mol. The van der Waals surface area contributed by atoms with Crippen molar-refractivity contribution in [3.63, 3.8) is 0 Å². The lowest BCUT2D eigenvalue weighted by atomic mass is 10.3. The Kier molecular flexibility index (Phi) is 3.48. The summed E-state index contributed by atoms with van der Waals surface area (Å²) in [4.78, 5) is 12.4. The number of nitrogens with zero attached hydrogens (tertiary/aromatic N) is 1. The van der Waals surface area contributed by atoms with Gasteiger partial charge in [-0.1, -0.05) is 18.2 Å². The summed E-state index contributed by atoms with van der Waals surface area (Å²) in [6, 6.07) is 9.27. The van der Waals surface area contributed by atoms with Crippen LogP contribution in [0.15, 0.2) is 30.3 Å². The van der Waals surface area contributed by atoms with Gasteiger partial charge in [-0.15, -0.1) is 0 Å². The van der Waals surface area contributed by atoms with Crippen molar-refractivity contribution in [3.05, 3.63) is 30.3 Å². The Morgan fingerprint density at radius 1 is 1.36 bits per heavy atom. The van der Waals surface area contributed by atoms with E-state index in [9.17, 15) is 4.79 Å². The highest BCUT2D eigenvalue weighted by Crippen LogP contribution is 2.07. The number of aliphatic carboxylic acids is 1. The summed E-state index contributed by atoms with van der Waals surface area (Å²) in [5, 5.41) is 11.8. The number of hydrogen-bond donors (Lipinski definition) is 2. The number of carbonyl (C=O) groups is 1. The van der Waals surface area contributed by atoms with Gasteiger partial charge in [0.15, 0.2) is 6.17 Å². The molecule has 1 atom stereocenters. The van der Waals surface area contributed by atoms with E-state index in [1.807, 2.05) is 30.3 Å². The molecule has 0 aliphatic carbocycles. The van der Waals surface area contributed by atoms with Crippen molar-refractivity contribution in [2.45, 2.75) is 6.17 Å². The maximum absolute atomic E-state index is 10.8. The third kappa shape index (κ3) is 2.74. The first-order chi connectivity index (χ1) is 6.61. The number of anilines is 1. The van der Waals surface area contributed by atoms with E-state index in [0.717, 1.165) is 5.69 Å². The van der Waals surface area contributed by atoms with Crippen molar-refractivity contribution in [2.75, 3.05) is 19.4 Å². The van der Waals surface area contributed by atoms with E-state index in [2.05, 4.69) is 5.32 Å². The molecule has 0 saturated carbocycles. The molecule has 76 valence electrons. The number of carboxylic acids is 1. The number of hydrogen-bond acceptors (Lipinski definition) is 3. The summed E-state index contributed by atoms with van der Waals surface area (Å²) in [7, 11) is 3.43. The highest BCUT2D eigenvalue weighted by molar-refractivity contribution is 5.76. The number of carboxylic acid groups (broad SMARTS) is 1. The van der Waals surface area contributed by atoms with Gasteiger partial charge < -0.3 is 10.4 Å². The molecule has 4 heteroatoms. The summed E-state index contributed by atoms with van der Waals surface area (Å²) < 4.78 is 0. The summed E-state index contributed by atoms with van der Waals surface area (Å²) in [5.41, 5.74) is 0.800. The molecule has 0 aliphatic rings. The molecule has 0 heterocycles. The number of rotatable bonds is 4. The lowest BCUT2D eigenvalue weighted by molar-refractivity contribution is -0.141. The van der Waals surface area contributed by atoms with Crippen molar-refractivity contribution in [2.24, 2.45) is 0 Å². The first-order valence-electron chi connectivity index (χ1n) is 4.32. The van der Waals surface area contributed by atoms with Gasteiger partial charge in [0.2, 0.25) is 0 Å². The van der Waals surface area contributed by atoms with Gasteiger partial charge >= 0.3 is 5.97 Å². The van der Waals surface area contributed by atoms with Crippen LogP contribution in [0.5, 0.6) is 0 Å². The molecule has 0 saturated heterocycles. The molecular weight excluding hydrogens is 180 g/mol. The topological polar surface area (TPSA) is 52.6 Å². The Balaban J connectivity index is 2.70. The van der Waals surface area contributed by atoms with Gasteiger partial charge in [-0.2, -0.15) is 0 Å². The lowest BCUT2D eigenvalue weighted by Gasteiger charge is -2.22. The van der Waals surface area contributed by atoms with Crippen LogP contribution in [0, 0.1) is 0 Å². The smallest absolute Gasteiger partial charge is 0.341 e. The van der Waals surface area contributed by atoms with Gasteiger partial charge in [0.25, 0.3) is 0 Å². The third-order valence-electron chi connectivity index (χ3n) is 1.83. The van der Waals surface area contributed by atoms with Crippen LogP contribution >= 0.6 is 0 Å². The minimum atomic E-state index is -0.890. The van der Waals surface area contributed by atoms with E-state index in [1.54, 1.807) is 19.0 Å². The summed E-state index contributed by atoms with van der Waals surface area (Å²) >= 11 is 0. The molecule has 0 aromatic heterocycles. The van der Waals surface area contributed by atoms with Crippen molar-refractivity contribution in [1.29, 1.82) is 0 Å². The SMILES string of the molecule is CN(C)[C@@H](Nc1ccccc1)C(=O)O. The molecule has 1 rings (SSSR count). The van der Waals surface area contributed by atoms with Gasteiger partial charge in [-0.3, -0.25) is 4.90 Å². The predicted octanol–water partition coefficient (Wildman–Crippen LogP) is 1.07. The third-order valence-corrected chi connectivity index (χ3v) is 1.83. The van der Waals surface area contributed by atoms with Crippen LogP contribution in [0.3, 0.4) is 0 Å². The Bertz CT molecular complexity index is 298. The van der Waals surface area contributed by atoms with Crippen LogP contribution in [0.1, 0.15) is 0 Å². The maximum Gasteiger partial charge on any atom is 0.341 e. The molecule has 4 nitrogen and oxygen atoms in total. The van der Waals surface area contributed by atoms with Gasteiger partial charge in [-0.05, 0) is 26.2 Å². The Labute approximate surface area is 83.2 Å². The van der Waals surface area contributed by atoms with Gasteiger partial charge in [0, 0.05) is 5.69 Å². The zero-order valence-electron chi connectivity index (χ0n) is 8.27. The van der Waals surface area contributed by atoms with Crippen LogP contribution in [0.2, 0.25) is 0 Å². The van der Waals surface area contributed by atoms with Gasteiger partial charge in [0.1, 0.15) is 0 Å². The minimum absolute atomic E-state index is 0.697. The number of benzene rings is 1. The van der Waals surface area contributed by atoms with E-state index in [1.165, 1.54) is 0 Å². The Hall–Kier alpha value is -1.55. The Morgan fingerprint density at radius 2 is 1.93 bits per heavy atom. The normalized spacial score (nSPS) is 12.5. The zero-order chi connectivity index (χ0) is 10.6. The fourth-order valence-electron chi connectivity index (χ4n) is 1.10. The molecule has 1 aromatic rings. The molecule has 0 fully saturated rings. The van der Waals surface area contributed by atoms with Crippen LogP contribution in [0.25, 0.3) is 0 Å². The average Bonchev–Trinajstić information content (AvgIpc) is 2.15.